The van der Waals surface area contributed by atoms with Crippen molar-refractivity contribution in [2.75, 3.05) is 6.54 Å². The molecule has 0 spiro atoms. The maximum absolute atomic E-state index is 12.3. The van der Waals surface area contributed by atoms with Crippen molar-refractivity contribution >= 4 is 32.4 Å². The molecule has 3 rings (SSSR count). The van der Waals surface area contributed by atoms with Gasteiger partial charge in [-0.25, -0.2) is 13.1 Å². The summed E-state index contributed by atoms with van der Waals surface area (Å²) in [5.41, 5.74) is 1.22. The van der Waals surface area contributed by atoms with Gasteiger partial charge in [-0.15, -0.1) is 0 Å². The molecule has 0 radical (unpaired) electrons. The van der Waals surface area contributed by atoms with E-state index in [9.17, 15) is 13.5 Å². The number of nitrogens with one attached hydrogen (secondary N) is 1. The highest BCUT2D eigenvalue weighted by molar-refractivity contribution is 7.88. The zero-order valence-electron chi connectivity index (χ0n) is 13.4. The summed E-state index contributed by atoms with van der Waals surface area (Å²) in [5.74, 6) is -0.227. The van der Waals surface area contributed by atoms with E-state index in [1.54, 1.807) is 30.3 Å². The molecular weight excluding hydrogens is 358 g/mol. The normalized spacial score (nSPS) is 13.0. The van der Waals surface area contributed by atoms with Crippen molar-refractivity contribution < 1.29 is 13.5 Å². The maximum atomic E-state index is 12.3. The molecule has 3 aromatic rings. The van der Waals surface area contributed by atoms with Crippen LogP contribution in [0.25, 0.3) is 10.8 Å². The van der Waals surface area contributed by atoms with Gasteiger partial charge >= 0.3 is 0 Å². The van der Waals surface area contributed by atoms with Crippen LogP contribution in [0.3, 0.4) is 0 Å². The summed E-state index contributed by atoms with van der Waals surface area (Å²) < 4.78 is 27.0. The van der Waals surface area contributed by atoms with Crippen LogP contribution in [-0.4, -0.2) is 20.1 Å². The average molecular weight is 376 g/mol. The Morgan fingerprint density at radius 2 is 1.64 bits per heavy atom. The number of hydrogen-bond acceptors (Lipinski definition) is 3. The molecular formula is C19H18ClNO3S. The van der Waals surface area contributed by atoms with Gasteiger partial charge < -0.3 is 5.11 Å². The van der Waals surface area contributed by atoms with Gasteiger partial charge in [-0.3, -0.25) is 0 Å². The number of aliphatic hydroxyl groups is 1. The quantitative estimate of drug-likeness (QED) is 0.691. The minimum atomic E-state index is -3.61. The van der Waals surface area contributed by atoms with Gasteiger partial charge in [-0.2, -0.15) is 0 Å². The standard InChI is InChI=1S/C19H18ClNO3S/c20-18-11-4-2-7-15(18)13-25(23,24)21-12-19(22)17-10-5-8-14-6-1-3-9-16(14)17/h1-11,19,21-22H,12-13H2/t19-/m0/s1. The van der Waals surface area contributed by atoms with Crippen molar-refractivity contribution in [3.8, 4) is 0 Å². The highest BCUT2D eigenvalue weighted by Crippen LogP contribution is 2.24. The average Bonchev–Trinajstić information content (AvgIpc) is 2.61. The minimum Gasteiger partial charge on any atom is -0.387 e. The summed E-state index contributed by atoms with van der Waals surface area (Å²) in [6.45, 7) is -0.0964. The van der Waals surface area contributed by atoms with Crippen molar-refractivity contribution in [1.29, 1.82) is 0 Å². The summed E-state index contributed by atoms with van der Waals surface area (Å²) in [6, 6.07) is 20.1. The fourth-order valence-corrected chi connectivity index (χ4v) is 4.18. The van der Waals surface area contributed by atoms with Gasteiger partial charge in [0, 0.05) is 11.6 Å². The number of aliphatic hydroxyl groups excluding tert-OH is 1. The van der Waals surface area contributed by atoms with Crippen LogP contribution in [0, 0.1) is 0 Å². The van der Waals surface area contributed by atoms with E-state index in [2.05, 4.69) is 4.72 Å². The lowest BCUT2D eigenvalue weighted by Crippen LogP contribution is -2.29. The van der Waals surface area contributed by atoms with Crippen LogP contribution in [-0.2, 0) is 15.8 Å². The Labute approximate surface area is 152 Å². The minimum absolute atomic E-state index is 0.0964. The molecule has 130 valence electrons. The van der Waals surface area contributed by atoms with Crippen LogP contribution in [0.5, 0.6) is 0 Å². The smallest absolute Gasteiger partial charge is 0.215 e. The summed E-state index contributed by atoms with van der Waals surface area (Å²) in [5, 5.41) is 12.8. The number of fused-ring (bicyclic) bond motifs is 1. The fourth-order valence-electron chi connectivity index (χ4n) is 2.73. The lowest BCUT2D eigenvalue weighted by molar-refractivity contribution is 0.183. The van der Waals surface area contributed by atoms with E-state index in [0.717, 1.165) is 10.8 Å². The third-order valence-electron chi connectivity index (χ3n) is 3.98. The Hall–Kier alpha value is -1.92. The first-order valence-electron chi connectivity index (χ1n) is 7.83. The molecule has 0 aromatic heterocycles. The topological polar surface area (TPSA) is 66.4 Å². The third-order valence-corrected chi connectivity index (χ3v) is 5.65. The number of rotatable bonds is 6. The molecule has 1 atom stereocenters. The molecule has 0 unspecified atom stereocenters. The number of benzene rings is 3. The second kappa shape index (κ2) is 7.54. The van der Waals surface area contributed by atoms with Gasteiger partial charge in [0.15, 0.2) is 0 Å². The Morgan fingerprint density at radius 3 is 2.44 bits per heavy atom. The van der Waals surface area contributed by atoms with Crippen molar-refractivity contribution in [1.82, 2.24) is 4.72 Å². The maximum Gasteiger partial charge on any atom is 0.215 e. The zero-order valence-corrected chi connectivity index (χ0v) is 15.0. The molecule has 6 heteroatoms. The molecule has 25 heavy (non-hydrogen) atoms. The highest BCUT2D eigenvalue weighted by Gasteiger charge is 2.17. The first-order valence-corrected chi connectivity index (χ1v) is 9.86. The molecule has 2 N–H and O–H groups in total. The van der Waals surface area contributed by atoms with Crippen LogP contribution in [0.1, 0.15) is 17.2 Å². The van der Waals surface area contributed by atoms with E-state index in [0.29, 0.717) is 16.1 Å². The Morgan fingerprint density at radius 1 is 0.960 bits per heavy atom. The monoisotopic (exact) mass is 375 g/mol. The van der Waals surface area contributed by atoms with Gasteiger partial charge in [0.2, 0.25) is 10.0 Å². The van der Waals surface area contributed by atoms with Crippen LogP contribution < -0.4 is 4.72 Å². The number of halogens is 1. The van der Waals surface area contributed by atoms with Crippen LogP contribution in [0.2, 0.25) is 5.02 Å². The van der Waals surface area contributed by atoms with Crippen molar-refractivity contribution in [2.24, 2.45) is 0 Å². The predicted octanol–water partition coefficient (Wildman–Crippen LogP) is 3.65. The van der Waals surface area contributed by atoms with Crippen LogP contribution in [0.15, 0.2) is 66.7 Å². The lowest BCUT2D eigenvalue weighted by Gasteiger charge is -2.15. The Balaban J connectivity index is 1.73. The van der Waals surface area contributed by atoms with Gasteiger partial charge in [-0.1, -0.05) is 72.3 Å². The molecule has 4 nitrogen and oxygen atoms in total. The van der Waals surface area contributed by atoms with Crippen molar-refractivity contribution in [3.05, 3.63) is 82.9 Å². The lowest BCUT2D eigenvalue weighted by atomic mass is 10.0. The van der Waals surface area contributed by atoms with E-state index in [4.69, 9.17) is 11.6 Å². The van der Waals surface area contributed by atoms with Gasteiger partial charge in [-0.05, 0) is 28.0 Å². The summed E-state index contributed by atoms with van der Waals surface area (Å²) >= 11 is 6.01. The second-order valence-corrected chi connectivity index (χ2v) is 8.00. The summed E-state index contributed by atoms with van der Waals surface area (Å²) in [6.07, 6.45) is -0.938. The molecule has 0 aliphatic heterocycles. The van der Waals surface area contributed by atoms with Gasteiger partial charge in [0.1, 0.15) is 0 Å². The second-order valence-electron chi connectivity index (χ2n) is 5.78. The largest absolute Gasteiger partial charge is 0.387 e. The van der Waals surface area contributed by atoms with Crippen LogP contribution >= 0.6 is 11.6 Å². The molecule has 0 bridgehead atoms. The molecule has 0 aliphatic carbocycles. The first-order chi connectivity index (χ1) is 12.0. The molecule has 0 fully saturated rings. The predicted molar refractivity (Wildman–Crippen MR) is 101 cm³/mol. The fraction of sp³-hybridized carbons (Fsp3) is 0.158. The summed E-state index contributed by atoms with van der Waals surface area (Å²) in [7, 11) is -3.61. The SMILES string of the molecule is O=S(=O)(Cc1ccccc1Cl)NC[C@H](O)c1cccc2ccccc12. The number of sulfonamides is 1. The van der Waals surface area contributed by atoms with Gasteiger partial charge in [0.05, 0.1) is 11.9 Å². The Kier molecular flexibility index (Phi) is 5.39. The molecule has 0 saturated carbocycles. The molecule has 3 aromatic carbocycles. The van der Waals surface area contributed by atoms with E-state index in [1.807, 2.05) is 36.4 Å². The van der Waals surface area contributed by atoms with E-state index < -0.39 is 16.1 Å². The third kappa shape index (κ3) is 4.38. The molecule has 0 aliphatic rings. The van der Waals surface area contributed by atoms with E-state index >= 15 is 0 Å². The molecule has 0 amide bonds. The zero-order chi connectivity index (χ0) is 17.9. The van der Waals surface area contributed by atoms with Crippen molar-refractivity contribution in [3.63, 3.8) is 0 Å². The molecule has 0 saturated heterocycles. The highest BCUT2D eigenvalue weighted by atomic mass is 35.5. The number of hydrogen-bond donors (Lipinski definition) is 2. The molecule has 0 heterocycles. The van der Waals surface area contributed by atoms with E-state index in [-0.39, 0.29) is 12.3 Å². The van der Waals surface area contributed by atoms with Gasteiger partial charge in [0.25, 0.3) is 0 Å². The van der Waals surface area contributed by atoms with Crippen molar-refractivity contribution in [2.45, 2.75) is 11.9 Å². The Bertz CT molecular complexity index is 983. The summed E-state index contributed by atoms with van der Waals surface area (Å²) in [4.78, 5) is 0. The first kappa shape index (κ1) is 17.9. The van der Waals surface area contributed by atoms with E-state index in [1.165, 1.54) is 0 Å². The van der Waals surface area contributed by atoms with Crippen LogP contribution in [0.4, 0.5) is 0 Å².